The highest BCUT2D eigenvalue weighted by molar-refractivity contribution is 5.69. The molecule has 11 heteroatoms. The van der Waals surface area contributed by atoms with E-state index in [4.69, 9.17) is 21.1 Å². The van der Waals surface area contributed by atoms with E-state index in [9.17, 15) is 9.59 Å². The Morgan fingerprint density at radius 2 is 2.18 bits per heavy atom. The van der Waals surface area contributed by atoms with Crippen LogP contribution in [0.1, 0.15) is 0 Å². The Morgan fingerprint density at radius 1 is 1.50 bits per heavy atom. The van der Waals surface area contributed by atoms with E-state index in [1.165, 1.54) is 13.4 Å². The number of nitrogens with zero attached hydrogens (tertiary/aromatic N) is 2. The number of imidazole rings is 1. The highest BCUT2D eigenvalue weighted by Crippen LogP contribution is 2.00. The Kier molecular flexibility index (Phi) is 6.59. The van der Waals surface area contributed by atoms with Gasteiger partial charge in [-0.25, -0.2) is 4.98 Å². The number of nitrogens with two attached hydrogens (primary N) is 1. The second-order valence-electron chi connectivity index (χ2n) is 4.13. The molecule has 3 atom stereocenters. The zero-order valence-corrected chi connectivity index (χ0v) is 11.6. The zero-order valence-electron chi connectivity index (χ0n) is 11.6. The maximum atomic E-state index is 11.0. The predicted octanol–water partition coefficient (Wildman–Crippen LogP) is -2.86. The summed E-state index contributed by atoms with van der Waals surface area (Å²) in [7, 11) is 1.23. The van der Waals surface area contributed by atoms with E-state index in [-0.39, 0.29) is 11.5 Å². The summed E-state index contributed by atoms with van der Waals surface area (Å²) in [5, 5.41) is 26.2. The average molecular weight is 315 g/mol. The summed E-state index contributed by atoms with van der Waals surface area (Å²) in [6.07, 6.45) is -2.04. The monoisotopic (exact) mass is 315 g/mol. The van der Waals surface area contributed by atoms with E-state index in [2.05, 4.69) is 24.7 Å². The number of carbonyl (C=O) groups is 1. The third-order valence-electron chi connectivity index (χ3n) is 2.64. The first-order chi connectivity index (χ1) is 10.4. The van der Waals surface area contributed by atoms with Crippen molar-refractivity contribution in [3.05, 3.63) is 16.7 Å². The molecule has 7 N–H and O–H groups in total. The number of carbonyl (C=O) groups excluding carboxylic acids is 1. The maximum Gasteiger partial charge on any atom is 0.278 e. The summed E-state index contributed by atoms with van der Waals surface area (Å²) in [5.41, 5.74) is 5.65. The van der Waals surface area contributed by atoms with E-state index < -0.39 is 24.9 Å². The van der Waals surface area contributed by atoms with E-state index in [0.29, 0.717) is 17.5 Å². The predicted molar refractivity (Wildman–Crippen MR) is 74.9 cm³/mol. The Balaban J connectivity index is 0.000000220. The lowest BCUT2D eigenvalue weighted by molar-refractivity contribution is -0.131. The van der Waals surface area contributed by atoms with Gasteiger partial charge in [-0.2, -0.15) is 4.98 Å². The van der Waals surface area contributed by atoms with Crippen LogP contribution in [0, 0.1) is 0 Å². The van der Waals surface area contributed by atoms with Crippen LogP contribution in [-0.2, 0) is 9.53 Å². The summed E-state index contributed by atoms with van der Waals surface area (Å²) in [6.45, 7) is -0.602. The number of nitrogen functional groups attached to an aromatic ring is 1. The number of H-pyrrole nitrogens is 2. The number of aromatic amines is 2. The molecule has 0 aliphatic carbocycles. The normalized spacial score (nSPS) is 14.7. The molecule has 0 saturated carbocycles. The summed E-state index contributed by atoms with van der Waals surface area (Å²) in [4.78, 5) is 33.7. The van der Waals surface area contributed by atoms with E-state index >= 15 is 0 Å². The Morgan fingerprint density at radius 3 is 2.73 bits per heavy atom. The highest BCUT2D eigenvalue weighted by Gasteiger charge is 2.24. The molecule has 0 aliphatic heterocycles. The molecule has 0 radical (unpaired) electrons. The molecule has 0 bridgehead atoms. The molecule has 2 rings (SSSR count). The SMILES string of the molecule is COC(C=O)C(O)C(O)CO.Nc1nc2nc[nH]c2c(=O)[nH]1. The summed E-state index contributed by atoms with van der Waals surface area (Å²) in [6, 6.07) is 0. The number of hydrogen-bond acceptors (Lipinski definition) is 9. The molecule has 0 aliphatic rings. The quantitative estimate of drug-likeness (QED) is 0.315. The van der Waals surface area contributed by atoms with E-state index in [1.54, 1.807) is 0 Å². The van der Waals surface area contributed by atoms with Gasteiger partial charge >= 0.3 is 0 Å². The van der Waals surface area contributed by atoms with E-state index in [0.717, 1.165) is 0 Å². The third-order valence-corrected chi connectivity index (χ3v) is 2.64. The molecule has 22 heavy (non-hydrogen) atoms. The van der Waals surface area contributed by atoms with Gasteiger partial charge < -0.3 is 35.6 Å². The first-order valence-corrected chi connectivity index (χ1v) is 6.08. The van der Waals surface area contributed by atoms with Gasteiger partial charge in [0, 0.05) is 7.11 Å². The van der Waals surface area contributed by atoms with Crippen LogP contribution in [0.3, 0.4) is 0 Å². The smallest absolute Gasteiger partial charge is 0.278 e. The largest absolute Gasteiger partial charge is 0.394 e. The standard InChI is InChI=1S/C6H12O5.C5H5N5O/c1-11-5(3-8)6(10)4(9)2-7;6-5-9-3-2(4(11)10-5)7-1-8-3/h3-7,9-10H,2H2,1H3;1H,(H4,6,7,8,9,10,11). The van der Waals surface area contributed by atoms with Gasteiger partial charge in [0.2, 0.25) is 5.95 Å². The first kappa shape index (κ1) is 17.7. The van der Waals surface area contributed by atoms with Gasteiger partial charge in [0.25, 0.3) is 5.56 Å². The van der Waals surface area contributed by atoms with Crippen LogP contribution in [0.5, 0.6) is 0 Å². The fraction of sp³-hybridized carbons (Fsp3) is 0.455. The number of aliphatic hydroxyl groups is 3. The molecule has 11 nitrogen and oxygen atoms in total. The van der Waals surface area contributed by atoms with Crippen molar-refractivity contribution in [2.24, 2.45) is 0 Å². The van der Waals surface area contributed by atoms with Crippen molar-refractivity contribution in [2.75, 3.05) is 19.5 Å². The number of aliphatic hydroxyl groups excluding tert-OH is 3. The number of aldehydes is 1. The number of nitrogens with one attached hydrogen (secondary N) is 2. The fourth-order valence-corrected chi connectivity index (χ4v) is 1.46. The van der Waals surface area contributed by atoms with Gasteiger partial charge in [-0.05, 0) is 0 Å². The van der Waals surface area contributed by atoms with Gasteiger partial charge in [0.1, 0.15) is 18.3 Å². The number of fused-ring (bicyclic) bond motifs is 1. The van der Waals surface area contributed by atoms with Crippen molar-refractivity contribution in [1.29, 1.82) is 0 Å². The minimum Gasteiger partial charge on any atom is -0.394 e. The number of ether oxygens (including phenoxy) is 1. The van der Waals surface area contributed by atoms with Crippen molar-refractivity contribution in [3.8, 4) is 0 Å². The number of methoxy groups -OCH3 is 1. The van der Waals surface area contributed by atoms with Crippen molar-refractivity contribution >= 4 is 23.4 Å². The molecule has 0 spiro atoms. The number of rotatable bonds is 5. The summed E-state index contributed by atoms with van der Waals surface area (Å²) in [5.74, 6) is 0.0783. The van der Waals surface area contributed by atoms with Crippen molar-refractivity contribution in [1.82, 2.24) is 19.9 Å². The number of anilines is 1. The van der Waals surface area contributed by atoms with Crippen molar-refractivity contribution < 1.29 is 24.9 Å². The Bertz CT molecular complexity index is 656. The van der Waals surface area contributed by atoms with Crippen LogP contribution in [-0.4, -0.2) is 73.6 Å². The molecular formula is C11H17N5O6. The van der Waals surface area contributed by atoms with Crippen LogP contribution in [0.15, 0.2) is 11.1 Å². The van der Waals surface area contributed by atoms with Gasteiger partial charge in [-0.1, -0.05) is 0 Å². The summed E-state index contributed by atoms with van der Waals surface area (Å²) < 4.78 is 4.50. The lowest BCUT2D eigenvalue weighted by Gasteiger charge is -2.19. The van der Waals surface area contributed by atoms with E-state index in [1.807, 2.05) is 0 Å². The highest BCUT2D eigenvalue weighted by atomic mass is 16.5. The molecule has 0 aromatic carbocycles. The first-order valence-electron chi connectivity index (χ1n) is 6.08. The molecule has 122 valence electrons. The summed E-state index contributed by atoms with van der Waals surface area (Å²) >= 11 is 0. The second-order valence-corrected chi connectivity index (χ2v) is 4.13. The Labute approximate surface area is 123 Å². The minimum absolute atomic E-state index is 0.0783. The van der Waals surface area contributed by atoms with Gasteiger partial charge in [0.15, 0.2) is 17.5 Å². The fourth-order valence-electron chi connectivity index (χ4n) is 1.46. The molecular weight excluding hydrogens is 298 g/mol. The lowest BCUT2D eigenvalue weighted by Crippen LogP contribution is -2.41. The second kappa shape index (κ2) is 8.19. The maximum absolute atomic E-state index is 11.0. The van der Waals surface area contributed by atoms with Crippen molar-refractivity contribution in [3.63, 3.8) is 0 Å². The molecule has 0 amide bonds. The topological polar surface area (TPSA) is 187 Å². The Hall–Kier alpha value is -2.34. The molecule has 0 fully saturated rings. The average Bonchev–Trinajstić information content (AvgIpc) is 2.96. The van der Waals surface area contributed by atoms with Gasteiger partial charge in [-0.3, -0.25) is 9.78 Å². The third kappa shape index (κ3) is 4.33. The van der Waals surface area contributed by atoms with Gasteiger partial charge in [0.05, 0.1) is 12.9 Å². The van der Waals surface area contributed by atoms with Crippen LogP contribution >= 0.6 is 0 Å². The number of aromatic nitrogens is 4. The van der Waals surface area contributed by atoms with Crippen LogP contribution in [0.4, 0.5) is 5.95 Å². The van der Waals surface area contributed by atoms with Crippen LogP contribution < -0.4 is 11.3 Å². The lowest BCUT2D eigenvalue weighted by atomic mass is 10.1. The van der Waals surface area contributed by atoms with Crippen LogP contribution in [0.25, 0.3) is 11.2 Å². The molecule has 0 saturated heterocycles. The molecule has 2 aromatic heterocycles. The minimum atomic E-state index is -1.37. The number of hydrogen-bond donors (Lipinski definition) is 6. The van der Waals surface area contributed by atoms with Gasteiger partial charge in [-0.15, -0.1) is 0 Å². The van der Waals surface area contributed by atoms with Crippen LogP contribution in [0.2, 0.25) is 0 Å². The molecule has 2 aromatic rings. The van der Waals surface area contributed by atoms with Crippen molar-refractivity contribution in [2.45, 2.75) is 18.3 Å². The zero-order chi connectivity index (χ0) is 16.7. The molecule has 3 unspecified atom stereocenters. The molecule has 2 heterocycles.